The molecule has 2 aromatic rings. The highest BCUT2D eigenvalue weighted by Crippen LogP contribution is 2.24. The zero-order valence-corrected chi connectivity index (χ0v) is 9.55. The number of carbonyl (C=O) groups excluding carboxylic acids is 1. The number of amides is 1. The lowest BCUT2D eigenvalue weighted by molar-refractivity contribution is 0.102. The molecule has 0 bridgehead atoms. The molecular weight excluding hydrogens is 248 g/mol. The van der Waals surface area contributed by atoms with E-state index in [1.165, 1.54) is 0 Å². The number of benzene rings is 1. The molecule has 0 unspecified atom stereocenters. The molecule has 0 atom stereocenters. The number of rotatable bonds is 2. The maximum absolute atomic E-state index is 11.6. The van der Waals surface area contributed by atoms with Gasteiger partial charge in [-0.05, 0) is 29.7 Å². The van der Waals surface area contributed by atoms with Gasteiger partial charge >= 0.3 is 0 Å². The molecule has 1 amide bonds. The normalized spacial score (nSPS) is 10.1. The van der Waals surface area contributed by atoms with Crippen LogP contribution in [-0.4, -0.2) is 15.5 Å². The smallest absolute Gasteiger partial charge is 0.277 e. The summed E-state index contributed by atoms with van der Waals surface area (Å²) in [5.41, 5.74) is 6.82. The van der Waals surface area contributed by atoms with Crippen LogP contribution in [0, 0.1) is 0 Å². The van der Waals surface area contributed by atoms with E-state index in [2.05, 4.69) is 14.9 Å². The third kappa shape index (κ3) is 2.29. The Balaban J connectivity index is 2.21. The third-order valence-electron chi connectivity index (χ3n) is 1.83. The lowest BCUT2D eigenvalue weighted by atomic mass is 10.2. The first-order valence-electron chi connectivity index (χ1n) is 4.30. The van der Waals surface area contributed by atoms with Crippen LogP contribution in [0.4, 0.5) is 11.4 Å². The van der Waals surface area contributed by atoms with Crippen molar-refractivity contribution in [3.63, 3.8) is 0 Å². The van der Waals surface area contributed by atoms with E-state index in [1.54, 1.807) is 23.6 Å². The second-order valence-electron chi connectivity index (χ2n) is 2.98. The van der Waals surface area contributed by atoms with Gasteiger partial charge in [-0.1, -0.05) is 16.1 Å². The summed E-state index contributed by atoms with van der Waals surface area (Å²) in [6.07, 6.45) is 0. The number of nitrogen functional groups attached to an aromatic ring is 1. The molecule has 2 rings (SSSR count). The van der Waals surface area contributed by atoms with Gasteiger partial charge in [0.05, 0.1) is 10.7 Å². The maximum Gasteiger partial charge on any atom is 0.277 e. The summed E-state index contributed by atoms with van der Waals surface area (Å²) in [7, 11) is 0. The van der Waals surface area contributed by atoms with Crippen molar-refractivity contribution >= 4 is 40.4 Å². The molecule has 16 heavy (non-hydrogen) atoms. The summed E-state index contributed by atoms with van der Waals surface area (Å²) in [5.74, 6) is -0.360. The minimum absolute atomic E-state index is 0.253. The highest BCUT2D eigenvalue weighted by atomic mass is 35.5. The largest absolute Gasteiger partial charge is 0.399 e. The molecule has 0 saturated carbocycles. The van der Waals surface area contributed by atoms with Crippen molar-refractivity contribution in [1.29, 1.82) is 0 Å². The van der Waals surface area contributed by atoms with Gasteiger partial charge in [0.1, 0.15) is 0 Å². The summed E-state index contributed by atoms with van der Waals surface area (Å²) >= 11 is 7.00. The highest BCUT2D eigenvalue weighted by Gasteiger charge is 2.10. The zero-order chi connectivity index (χ0) is 11.5. The van der Waals surface area contributed by atoms with Gasteiger partial charge in [-0.25, -0.2) is 0 Å². The standard InChI is InChI=1S/C9H7ClN4OS/c10-6-2-1-5(11)3-7(6)12-9(15)8-4-16-14-13-8/h1-4H,11H2,(H,12,15). The third-order valence-corrected chi connectivity index (χ3v) is 2.67. The minimum atomic E-state index is -0.360. The van der Waals surface area contributed by atoms with E-state index in [4.69, 9.17) is 17.3 Å². The molecule has 3 N–H and O–H groups in total. The second kappa shape index (κ2) is 4.46. The molecule has 7 heteroatoms. The monoisotopic (exact) mass is 254 g/mol. The fraction of sp³-hybridized carbons (Fsp3) is 0. The first-order chi connectivity index (χ1) is 7.66. The van der Waals surface area contributed by atoms with Gasteiger partial charge in [0.2, 0.25) is 0 Å². The number of aromatic nitrogens is 2. The summed E-state index contributed by atoms with van der Waals surface area (Å²) in [5, 5.41) is 8.23. The van der Waals surface area contributed by atoms with E-state index >= 15 is 0 Å². The van der Waals surface area contributed by atoms with Crippen molar-refractivity contribution in [2.75, 3.05) is 11.1 Å². The molecule has 0 saturated heterocycles. The van der Waals surface area contributed by atoms with Crippen LogP contribution in [0.2, 0.25) is 5.02 Å². The quantitative estimate of drug-likeness (QED) is 0.804. The molecule has 0 aliphatic heterocycles. The van der Waals surface area contributed by atoms with Crippen LogP contribution in [0.15, 0.2) is 23.6 Å². The van der Waals surface area contributed by atoms with Gasteiger partial charge in [0.25, 0.3) is 5.91 Å². The van der Waals surface area contributed by atoms with E-state index in [0.717, 1.165) is 11.5 Å². The molecular formula is C9H7ClN4OS. The van der Waals surface area contributed by atoms with Crippen LogP contribution in [0.5, 0.6) is 0 Å². The molecule has 0 radical (unpaired) electrons. The van der Waals surface area contributed by atoms with Crippen LogP contribution in [0.25, 0.3) is 0 Å². The topological polar surface area (TPSA) is 80.9 Å². The molecule has 0 aliphatic carbocycles. The molecule has 5 nitrogen and oxygen atoms in total. The Hall–Kier alpha value is -1.66. The Morgan fingerprint density at radius 3 is 3.00 bits per heavy atom. The van der Waals surface area contributed by atoms with E-state index in [0.29, 0.717) is 16.4 Å². The van der Waals surface area contributed by atoms with Crippen molar-refractivity contribution in [2.24, 2.45) is 0 Å². The van der Waals surface area contributed by atoms with E-state index < -0.39 is 0 Å². The summed E-state index contributed by atoms with van der Waals surface area (Å²) < 4.78 is 3.60. The van der Waals surface area contributed by atoms with Gasteiger partial charge in [-0.15, -0.1) is 5.10 Å². The molecule has 0 spiro atoms. The SMILES string of the molecule is Nc1ccc(Cl)c(NC(=O)c2csnn2)c1. The van der Waals surface area contributed by atoms with Gasteiger partial charge in [-0.2, -0.15) is 0 Å². The lowest BCUT2D eigenvalue weighted by Gasteiger charge is -2.05. The van der Waals surface area contributed by atoms with Crippen molar-refractivity contribution in [3.05, 3.63) is 34.3 Å². The van der Waals surface area contributed by atoms with Gasteiger partial charge in [0, 0.05) is 11.1 Å². The first kappa shape index (κ1) is 10.8. The number of nitrogens with zero attached hydrogens (tertiary/aromatic N) is 2. The fourth-order valence-corrected chi connectivity index (χ4v) is 1.69. The fourth-order valence-electron chi connectivity index (χ4n) is 1.09. The Bertz CT molecular complexity index is 514. The molecule has 1 aromatic carbocycles. The van der Waals surface area contributed by atoms with Crippen LogP contribution >= 0.6 is 23.1 Å². The number of hydrogen-bond acceptors (Lipinski definition) is 5. The first-order valence-corrected chi connectivity index (χ1v) is 5.51. The van der Waals surface area contributed by atoms with Crippen molar-refractivity contribution in [2.45, 2.75) is 0 Å². The average Bonchev–Trinajstić information content (AvgIpc) is 2.76. The minimum Gasteiger partial charge on any atom is -0.399 e. The number of nitrogens with two attached hydrogens (primary N) is 1. The Labute approximate surface area is 100 Å². The van der Waals surface area contributed by atoms with Gasteiger partial charge in [-0.3, -0.25) is 4.79 Å². The Morgan fingerprint density at radius 1 is 1.50 bits per heavy atom. The molecule has 1 heterocycles. The Kier molecular flexibility index (Phi) is 3.02. The molecule has 0 aliphatic rings. The molecule has 1 aromatic heterocycles. The maximum atomic E-state index is 11.6. The average molecular weight is 255 g/mol. The van der Waals surface area contributed by atoms with Crippen LogP contribution in [0.1, 0.15) is 10.5 Å². The van der Waals surface area contributed by atoms with E-state index in [1.807, 2.05) is 0 Å². The van der Waals surface area contributed by atoms with Crippen LogP contribution < -0.4 is 11.1 Å². The van der Waals surface area contributed by atoms with Crippen molar-refractivity contribution < 1.29 is 4.79 Å². The highest BCUT2D eigenvalue weighted by molar-refractivity contribution is 7.03. The number of halogens is 1. The summed E-state index contributed by atoms with van der Waals surface area (Å²) in [4.78, 5) is 11.6. The lowest BCUT2D eigenvalue weighted by Crippen LogP contribution is -2.12. The van der Waals surface area contributed by atoms with Gasteiger partial charge in [0.15, 0.2) is 5.69 Å². The number of anilines is 2. The number of nitrogens with one attached hydrogen (secondary N) is 1. The predicted molar refractivity (Wildman–Crippen MR) is 63.7 cm³/mol. The summed E-state index contributed by atoms with van der Waals surface area (Å²) in [6, 6.07) is 4.86. The van der Waals surface area contributed by atoms with E-state index in [-0.39, 0.29) is 11.6 Å². The van der Waals surface area contributed by atoms with Gasteiger partial charge < -0.3 is 11.1 Å². The van der Waals surface area contributed by atoms with Crippen molar-refractivity contribution in [3.8, 4) is 0 Å². The predicted octanol–water partition coefficient (Wildman–Crippen LogP) is 2.03. The zero-order valence-electron chi connectivity index (χ0n) is 7.98. The molecule has 0 fully saturated rings. The number of hydrogen-bond donors (Lipinski definition) is 2. The molecule has 82 valence electrons. The van der Waals surface area contributed by atoms with Crippen LogP contribution in [-0.2, 0) is 0 Å². The summed E-state index contributed by atoms with van der Waals surface area (Å²) in [6.45, 7) is 0. The van der Waals surface area contributed by atoms with Crippen LogP contribution in [0.3, 0.4) is 0 Å². The Morgan fingerprint density at radius 2 is 2.31 bits per heavy atom. The number of carbonyl (C=O) groups is 1. The second-order valence-corrected chi connectivity index (χ2v) is 4.00. The van der Waals surface area contributed by atoms with E-state index in [9.17, 15) is 4.79 Å². The van der Waals surface area contributed by atoms with Crippen molar-refractivity contribution in [1.82, 2.24) is 9.59 Å².